The average molecular weight is 427 g/mol. The van der Waals surface area contributed by atoms with E-state index in [0.717, 1.165) is 5.69 Å². The Balaban J connectivity index is 1.38. The molecule has 2 aromatic carbocycles. The summed E-state index contributed by atoms with van der Waals surface area (Å²) in [7, 11) is 1.76. The normalized spacial score (nSPS) is 12.0. The summed E-state index contributed by atoms with van der Waals surface area (Å²) in [6.07, 6.45) is -0.614. The average Bonchev–Trinajstić information content (AvgIpc) is 3.26. The third-order valence-electron chi connectivity index (χ3n) is 4.31. The van der Waals surface area contributed by atoms with Crippen LogP contribution in [0.3, 0.4) is 0 Å². The Bertz CT molecular complexity index is 1200. The Kier molecular flexibility index (Phi) is 5.33. The topological polar surface area (TPSA) is 91.4 Å². The zero-order chi connectivity index (χ0) is 21.3. The van der Waals surface area contributed by atoms with E-state index in [1.165, 1.54) is 0 Å². The fourth-order valence-corrected chi connectivity index (χ4v) is 3.05. The van der Waals surface area contributed by atoms with Crippen molar-refractivity contribution in [2.24, 2.45) is 7.05 Å². The summed E-state index contributed by atoms with van der Waals surface area (Å²) >= 11 is 6.10. The molecule has 154 valence electrons. The predicted octanol–water partition coefficient (Wildman–Crippen LogP) is 4.72. The number of rotatable bonds is 6. The molecule has 0 saturated heterocycles. The highest BCUT2D eigenvalue weighted by Gasteiger charge is 2.17. The number of halogens is 1. The van der Waals surface area contributed by atoms with Gasteiger partial charge in [0.15, 0.2) is 11.7 Å². The zero-order valence-corrected chi connectivity index (χ0v) is 17.3. The summed E-state index contributed by atoms with van der Waals surface area (Å²) in [6, 6.07) is 13.8. The Labute approximate surface area is 177 Å². The van der Waals surface area contributed by atoms with Gasteiger partial charge in [-0.2, -0.15) is 10.1 Å². The number of anilines is 1. The quantitative estimate of drug-likeness (QED) is 0.479. The second-order valence-electron chi connectivity index (χ2n) is 6.68. The number of nitrogens with zero attached hydrogens (tertiary/aromatic N) is 3. The van der Waals surface area contributed by atoms with Crippen molar-refractivity contribution in [3.63, 3.8) is 0 Å². The number of ether oxygens (including phenoxy) is 2. The molecule has 4 rings (SSSR count). The number of oxazole rings is 1. The molecule has 0 fully saturated rings. The Hall–Kier alpha value is -3.52. The molecule has 2 aromatic heterocycles. The maximum Gasteiger partial charge on any atom is 0.400 e. The number of para-hydroxylation sites is 1. The van der Waals surface area contributed by atoms with Gasteiger partial charge < -0.3 is 19.2 Å². The van der Waals surface area contributed by atoms with E-state index in [1.807, 2.05) is 6.92 Å². The molecule has 0 radical (unpaired) electrons. The van der Waals surface area contributed by atoms with Crippen LogP contribution in [0.4, 0.5) is 5.82 Å². The van der Waals surface area contributed by atoms with Crippen LogP contribution in [0.15, 0.2) is 52.9 Å². The van der Waals surface area contributed by atoms with Gasteiger partial charge in [0.05, 0.1) is 10.7 Å². The van der Waals surface area contributed by atoms with Gasteiger partial charge in [0.2, 0.25) is 0 Å². The summed E-state index contributed by atoms with van der Waals surface area (Å²) < 4.78 is 18.5. The van der Waals surface area contributed by atoms with Gasteiger partial charge in [-0.15, -0.1) is 0 Å². The Morgan fingerprint density at radius 2 is 1.93 bits per heavy atom. The van der Waals surface area contributed by atoms with E-state index >= 15 is 0 Å². The highest BCUT2D eigenvalue weighted by atomic mass is 35.5. The van der Waals surface area contributed by atoms with E-state index in [1.54, 1.807) is 67.2 Å². The summed E-state index contributed by atoms with van der Waals surface area (Å²) in [5, 5.41) is 7.48. The lowest BCUT2D eigenvalue weighted by Crippen LogP contribution is -2.30. The van der Waals surface area contributed by atoms with Gasteiger partial charge in [-0.05, 0) is 50.2 Å². The lowest BCUT2D eigenvalue weighted by Gasteiger charge is -2.15. The van der Waals surface area contributed by atoms with E-state index in [9.17, 15) is 4.79 Å². The van der Waals surface area contributed by atoms with Crippen LogP contribution in [-0.2, 0) is 11.8 Å². The van der Waals surface area contributed by atoms with Crippen LogP contribution in [0.2, 0.25) is 5.02 Å². The number of nitrogens with one attached hydrogen (secondary N) is 1. The van der Waals surface area contributed by atoms with E-state index in [4.69, 9.17) is 25.5 Å². The molecule has 0 bridgehead atoms. The zero-order valence-electron chi connectivity index (χ0n) is 16.5. The maximum absolute atomic E-state index is 12.4. The molecular formula is C21H19ClN4O4. The smallest absolute Gasteiger partial charge is 0.400 e. The monoisotopic (exact) mass is 426 g/mol. The molecule has 0 aliphatic heterocycles. The first-order chi connectivity index (χ1) is 14.4. The molecule has 1 N–H and O–H groups in total. The van der Waals surface area contributed by atoms with Crippen molar-refractivity contribution in [3.05, 3.63) is 59.2 Å². The summed E-state index contributed by atoms with van der Waals surface area (Å²) in [5.41, 5.74) is 1.90. The van der Waals surface area contributed by atoms with Gasteiger partial charge in [0.1, 0.15) is 22.8 Å². The predicted molar refractivity (Wildman–Crippen MR) is 112 cm³/mol. The first kappa shape index (κ1) is 19.8. The van der Waals surface area contributed by atoms with Crippen molar-refractivity contribution < 1.29 is 18.7 Å². The van der Waals surface area contributed by atoms with Crippen LogP contribution in [0.1, 0.15) is 12.6 Å². The van der Waals surface area contributed by atoms with Gasteiger partial charge in [-0.25, -0.2) is 0 Å². The van der Waals surface area contributed by atoms with Gasteiger partial charge in [0, 0.05) is 13.1 Å². The third kappa shape index (κ3) is 4.23. The van der Waals surface area contributed by atoms with Gasteiger partial charge in [-0.1, -0.05) is 17.7 Å². The molecule has 0 spiro atoms. The second-order valence-corrected chi connectivity index (χ2v) is 7.09. The lowest BCUT2D eigenvalue weighted by molar-refractivity contribution is -0.122. The minimum atomic E-state index is -0.703. The Morgan fingerprint density at radius 1 is 1.20 bits per heavy atom. The SMILES string of the molecule is Cc1cc(NC(=O)C(C)Oc2ccc(Oc3nc4c(Cl)cccc4o3)cc2)n(C)n1. The van der Waals surface area contributed by atoms with Crippen LogP contribution in [0.5, 0.6) is 17.6 Å². The first-order valence-corrected chi connectivity index (χ1v) is 9.58. The molecule has 4 aromatic rings. The summed E-state index contributed by atoms with van der Waals surface area (Å²) in [4.78, 5) is 16.6. The number of benzene rings is 2. The molecule has 0 saturated carbocycles. The number of carbonyl (C=O) groups is 1. The van der Waals surface area contributed by atoms with Crippen LogP contribution < -0.4 is 14.8 Å². The molecule has 0 aliphatic rings. The van der Waals surface area contributed by atoms with Crippen LogP contribution >= 0.6 is 11.6 Å². The third-order valence-corrected chi connectivity index (χ3v) is 4.62. The number of aryl methyl sites for hydroxylation is 2. The second kappa shape index (κ2) is 8.08. The molecule has 2 heterocycles. The number of aromatic nitrogens is 3. The number of carbonyl (C=O) groups excluding carboxylic acids is 1. The van der Waals surface area contributed by atoms with Crippen molar-refractivity contribution in [1.29, 1.82) is 0 Å². The molecule has 0 aliphatic carbocycles. The molecule has 8 nitrogen and oxygen atoms in total. The van der Waals surface area contributed by atoms with Crippen molar-refractivity contribution >= 4 is 34.4 Å². The first-order valence-electron chi connectivity index (χ1n) is 9.20. The van der Waals surface area contributed by atoms with Gasteiger partial charge in [0.25, 0.3) is 5.91 Å². The molecule has 30 heavy (non-hydrogen) atoms. The van der Waals surface area contributed by atoms with Gasteiger partial charge in [-0.3, -0.25) is 9.48 Å². The maximum atomic E-state index is 12.4. The van der Waals surface area contributed by atoms with Crippen molar-refractivity contribution in [2.45, 2.75) is 20.0 Å². The summed E-state index contributed by atoms with van der Waals surface area (Å²) in [6.45, 7) is 3.53. The van der Waals surface area contributed by atoms with Crippen molar-refractivity contribution in [1.82, 2.24) is 14.8 Å². The Morgan fingerprint density at radius 3 is 2.60 bits per heavy atom. The highest BCUT2D eigenvalue weighted by molar-refractivity contribution is 6.34. The van der Waals surface area contributed by atoms with Gasteiger partial charge >= 0.3 is 6.08 Å². The number of fused-ring (bicyclic) bond motifs is 1. The van der Waals surface area contributed by atoms with Crippen molar-refractivity contribution in [2.75, 3.05) is 5.32 Å². The lowest BCUT2D eigenvalue weighted by atomic mass is 10.3. The summed E-state index contributed by atoms with van der Waals surface area (Å²) in [5.74, 6) is 1.36. The van der Waals surface area contributed by atoms with Crippen molar-refractivity contribution in [3.8, 4) is 17.6 Å². The molecular weight excluding hydrogens is 408 g/mol. The van der Waals surface area contributed by atoms with Crippen LogP contribution in [0, 0.1) is 6.92 Å². The standard InChI is InChI=1S/C21H19ClN4O4/c1-12-11-18(26(3)25-12)23-20(27)13(2)28-14-7-9-15(10-8-14)29-21-24-19-16(22)5-4-6-17(19)30-21/h4-11,13H,1-3H3,(H,23,27). The number of hydrogen-bond donors (Lipinski definition) is 1. The van der Waals surface area contributed by atoms with E-state index in [-0.39, 0.29) is 12.0 Å². The molecule has 1 atom stereocenters. The molecule has 9 heteroatoms. The van der Waals surface area contributed by atoms with Crippen LogP contribution in [-0.4, -0.2) is 26.8 Å². The molecule has 1 unspecified atom stereocenters. The minimum Gasteiger partial charge on any atom is -0.481 e. The fraction of sp³-hybridized carbons (Fsp3) is 0.190. The van der Waals surface area contributed by atoms with E-state index < -0.39 is 6.10 Å². The van der Waals surface area contributed by atoms with E-state index in [2.05, 4.69) is 15.4 Å². The fourth-order valence-electron chi connectivity index (χ4n) is 2.84. The highest BCUT2D eigenvalue weighted by Crippen LogP contribution is 2.30. The molecule has 1 amide bonds. The minimum absolute atomic E-state index is 0.0889. The van der Waals surface area contributed by atoms with E-state index in [0.29, 0.717) is 33.4 Å². The number of amides is 1. The number of hydrogen-bond acceptors (Lipinski definition) is 6. The largest absolute Gasteiger partial charge is 0.481 e. The van der Waals surface area contributed by atoms with Crippen LogP contribution in [0.25, 0.3) is 11.1 Å².